The average Bonchev–Trinajstić information content (AvgIpc) is 2.50. The van der Waals surface area contributed by atoms with Gasteiger partial charge in [0.1, 0.15) is 12.4 Å². The fourth-order valence-electron chi connectivity index (χ4n) is 3.40. The van der Waals surface area contributed by atoms with Gasteiger partial charge in [0.15, 0.2) is 0 Å². The van der Waals surface area contributed by atoms with Crippen LogP contribution >= 0.6 is 0 Å². The highest BCUT2D eigenvalue weighted by Crippen LogP contribution is 2.28. The molecule has 1 atom stereocenters. The molecule has 1 aliphatic rings. The summed E-state index contributed by atoms with van der Waals surface area (Å²) >= 11 is 0. The predicted octanol–water partition coefficient (Wildman–Crippen LogP) is 4.46. The van der Waals surface area contributed by atoms with Gasteiger partial charge in [-0.05, 0) is 45.3 Å². The lowest BCUT2D eigenvalue weighted by molar-refractivity contribution is 0.0196. The summed E-state index contributed by atoms with van der Waals surface area (Å²) in [5.74, 6) is 0.948. The summed E-state index contributed by atoms with van der Waals surface area (Å²) in [6.07, 6.45) is 1.22. The Morgan fingerprint density at radius 2 is 1.83 bits per heavy atom. The third kappa shape index (κ3) is 3.99. The van der Waals surface area contributed by atoms with Gasteiger partial charge >= 0.3 is 0 Å². The lowest BCUT2D eigenvalue weighted by Gasteiger charge is -2.47. The highest BCUT2D eigenvalue weighted by molar-refractivity contribution is 6.71. The van der Waals surface area contributed by atoms with E-state index in [-0.39, 0.29) is 11.6 Å². The molecule has 1 unspecified atom stereocenters. The van der Waals surface area contributed by atoms with Crippen LogP contribution in [0.5, 0.6) is 5.75 Å². The van der Waals surface area contributed by atoms with E-state index in [4.69, 9.17) is 9.16 Å². The van der Waals surface area contributed by atoms with Crippen LogP contribution in [0.3, 0.4) is 0 Å². The van der Waals surface area contributed by atoms with Crippen LogP contribution in [0.2, 0.25) is 13.1 Å². The number of rotatable bonds is 3. The van der Waals surface area contributed by atoms with Gasteiger partial charge in [-0.2, -0.15) is 0 Å². The summed E-state index contributed by atoms with van der Waals surface area (Å²) < 4.78 is 12.6. The maximum Gasteiger partial charge on any atom is 0.201 e. The third-order valence-electron chi connectivity index (χ3n) is 4.60. The fraction of sp³-hybridized carbons (Fsp3) is 0.500. The molecule has 1 fully saturated rings. The van der Waals surface area contributed by atoms with Crippen LogP contribution in [0.4, 0.5) is 0 Å². The minimum absolute atomic E-state index is 0.138. The van der Waals surface area contributed by atoms with E-state index in [2.05, 4.69) is 81.2 Å². The van der Waals surface area contributed by atoms with Gasteiger partial charge in [-0.15, -0.1) is 0 Å². The first kappa shape index (κ1) is 17.5. The molecule has 4 heteroatoms. The van der Waals surface area contributed by atoms with Gasteiger partial charge in [-0.3, -0.25) is 4.90 Å². The number of nitrogens with zero attached hydrogens (tertiary/aromatic N) is 1. The summed E-state index contributed by atoms with van der Waals surface area (Å²) in [4.78, 5) is 2.56. The molecule has 0 aromatic heterocycles. The molecule has 3 nitrogen and oxygen atoms in total. The average molecular weight is 344 g/mol. The minimum atomic E-state index is -1.67. The summed E-state index contributed by atoms with van der Waals surface area (Å²) in [7, 11) is -1.67. The van der Waals surface area contributed by atoms with Crippen LogP contribution in [0, 0.1) is 0 Å². The molecule has 130 valence electrons. The molecule has 1 heterocycles. The quantitative estimate of drug-likeness (QED) is 0.768. The molecule has 0 radical (unpaired) electrons. The van der Waals surface area contributed by atoms with E-state index in [0.717, 1.165) is 18.5 Å². The Kier molecular flexibility index (Phi) is 4.73. The van der Waals surface area contributed by atoms with Crippen molar-refractivity contribution in [3.63, 3.8) is 0 Å². The van der Waals surface area contributed by atoms with E-state index in [0.29, 0.717) is 6.61 Å². The zero-order valence-electron chi connectivity index (χ0n) is 15.5. The standard InChI is InChI=1S/C20H29NO2Si/c1-20(2,3)21-13-17(23-24(4,5)15-21)14-22-19-12-8-10-16-9-6-7-11-18(16)19/h6-12,17H,13-15H2,1-5H3. The maximum absolute atomic E-state index is 6.41. The van der Waals surface area contributed by atoms with E-state index in [1.807, 2.05) is 0 Å². The minimum Gasteiger partial charge on any atom is -0.490 e. The molecule has 0 aliphatic carbocycles. The third-order valence-corrected chi connectivity index (χ3v) is 6.72. The molecular formula is C20H29NO2Si. The smallest absolute Gasteiger partial charge is 0.201 e. The summed E-state index contributed by atoms with van der Waals surface area (Å²) in [5, 5.41) is 2.38. The van der Waals surface area contributed by atoms with Crippen LogP contribution in [-0.2, 0) is 4.43 Å². The van der Waals surface area contributed by atoms with Gasteiger partial charge in [0.05, 0.1) is 6.10 Å². The predicted molar refractivity (Wildman–Crippen MR) is 103 cm³/mol. The Bertz CT molecular complexity index is 703. The molecule has 0 spiro atoms. The largest absolute Gasteiger partial charge is 0.490 e. The topological polar surface area (TPSA) is 21.7 Å². The lowest BCUT2D eigenvalue weighted by atomic mass is 10.1. The van der Waals surface area contributed by atoms with E-state index >= 15 is 0 Å². The Hall–Kier alpha value is -1.36. The van der Waals surface area contributed by atoms with Gasteiger partial charge in [-0.1, -0.05) is 36.4 Å². The highest BCUT2D eigenvalue weighted by atomic mass is 28.4. The molecule has 2 aromatic rings. The van der Waals surface area contributed by atoms with Gasteiger partial charge < -0.3 is 9.16 Å². The maximum atomic E-state index is 6.41. The van der Waals surface area contributed by atoms with Gasteiger partial charge in [0.2, 0.25) is 8.32 Å². The molecule has 1 saturated heterocycles. The first-order valence-electron chi connectivity index (χ1n) is 8.78. The zero-order chi connectivity index (χ0) is 17.4. The van der Waals surface area contributed by atoms with E-state index in [1.54, 1.807) is 0 Å². The fourth-order valence-corrected chi connectivity index (χ4v) is 6.04. The van der Waals surface area contributed by atoms with Crippen LogP contribution < -0.4 is 4.74 Å². The van der Waals surface area contributed by atoms with Crippen molar-refractivity contribution in [3.05, 3.63) is 42.5 Å². The Labute approximate surface area is 146 Å². The highest BCUT2D eigenvalue weighted by Gasteiger charge is 2.39. The van der Waals surface area contributed by atoms with Crippen molar-refractivity contribution in [1.29, 1.82) is 0 Å². The number of fused-ring (bicyclic) bond motifs is 1. The number of ether oxygens (including phenoxy) is 1. The Morgan fingerprint density at radius 3 is 2.58 bits per heavy atom. The monoisotopic (exact) mass is 343 g/mol. The molecule has 1 aliphatic heterocycles. The van der Waals surface area contributed by atoms with Crippen molar-refractivity contribution in [3.8, 4) is 5.75 Å². The Morgan fingerprint density at radius 1 is 1.12 bits per heavy atom. The van der Waals surface area contributed by atoms with Crippen molar-refractivity contribution in [2.45, 2.75) is 45.5 Å². The molecule has 0 bridgehead atoms. The molecule has 0 saturated carbocycles. The van der Waals surface area contributed by atoms with Crippen molar-refractivity contribution in [1.82, 2.24) is 4.90 Å². The zero-order valence-corrected chi connectivity index (χ0v) is 16.5. The van der Waals surface area contributed by atoms with Crippen LogP contribution in [0.1, 0.15) is 20.8 Å². The molecule has 0 N–H and O–H groups in total. The first-order valence-corrected chi connectivity index (χ1v) is 11.9. The molecule has 3 rings (SSSR count). The second-order valence-corrected chi connectivity index (χ2v) is 12.4. The molecule has 0 amide bonds. The SMILES string of the molecule is CC(C)(C)N1CC(COc2cccc3ccccc23)O[Si](C)(C)C1. The van der Waals surface area contributed by atoms with Crippen molar-refractivity contribution < 1.29 is 9.16 Å². The van der Waals surface area contributed by atoms with Gasteiger partial charge in [0, 0.05) is 23.6 Å². The van der Waals surface area contributed by atoms with Gasteiger partial charge in [-0.25, -0.2) is 0 Å². The van der Waals surface area contributed by atoms with Crippen molar-refractivity contribution in [2.75, 3.05) is 19.3 Å². The second kappa shape index (κ2) is 6.51. The second-order valence-electron chi connectivity index (χ2n) is 8.34. The Balaban J connectivity index is 1.73. The van der Waals surface area contributed by atoms with E-state index < -0.39 is 8.32 Å². The number of hydrogen-bond donors (Lipinski definition) is 0. The summed E-state index contributed by atoms with van der Waals surface area (Å²) in [6, 6.07) is 14.6. The van der Waals surface area contributed by atoms with Crippen LogP contribution in [0.25, 0.3) is 10.8 Å². The van der Waals surface area contributed by atoms with Crippen molar-refractivity contribution >= 4 is 19.1 Å². The number of hydrogen-bond acceptors (Lipinski definition) is 3. The normalized spacial score (nSPS) is 21.8. The molecule has 24 heavy (non-hydrogen) atoms. The molecule has 2 aromatic carbocycles. The van der Waals surface area contributed by atoms with Crippen LogP contribution in [0.15, 0.2) is 42.5 Å². The van der Waals surface area contributed by atoms with E-state index in [9.17, 15) is 0 Å². The number of benzene rings is 2. The summed E-state index contributed by atoms with van der Waals surface area (Å²) in [6.45, 7) is 13.0. The van der Waals surface area contributed by atoms with Crippen molar-refractivity contribution in [2.24, 2.45) is 0 Å². The lowest BCUT2D eigenvalue weighted by Crippen LogP contribution is -2.62. The van der Waals surface area contributed by atoms with Gasteiger partial charge in [0.25, 0.3) is 0 Å². The first-order chi connectivity index (χ1) is 11.2. The van der Waals surface area contributed by atoms with Crippen LogP contribution in [-0.4, -0.2) is 44.2 Å². The molecular weight excluding hydrogens is 314 g/mol. The summed E-state index contributed by atoms with van der Waals surface area (Å²) in [5.41, 5.74) is 0.172. The van der Waals surface area contributed by atoms with E-state index in [1.165, 1.54) is 10.8 Å².